The molecule has 0 aliphatic carbocycles. The molecule has 0 aromatic carbocycles. The van der Waals surface area contributed by atoms with Crippen LogP contribution in [0.1, 0.15) is 19.8 Å². The normalized spacial score (nSPS) is 31.5. The third kappa shape index (κ3) is 3.23. The zero-order chi connectivity index (χ0) is 10.1. The first kappa shape index (κ1) is 10.9. The predicted molar refractivity (Wildman–Crippen MR) is 49.9 cm³/mol. The van der Waals surface area contributed by atoms with Crippen LogP contribution in [0.2, 0.25) is 0 Å². The quantitative estimate of drug-likeness (QED) is 0.736. The zero-order valence-corrected chi connectivity index (χ0v) is 8.61. The molecule has 0 saturated carbocycles. The van der Waals surface area contributed by atoms with E-state index in [0.717, 1.165) is 0 Å². The SMILES string of the molecule is CC(F)(CN)CC1CCS(=O)(=O)C1. The lowest BCUT2D eigenvalue weighted by Crippen LogP contribution is -2.32. The third-order valence-corrected chi connectivity index (χ3v) is 4.30. The van der Waals surface area contributed by atoms with Crippen LogP contribution in [-0.4, -0.2) is 32.1 Å². The molecule has 1 aliphatic rings. The molecule has 0 radical (unpaired) electrons. The fraction of sp³-hybridized carbons (Fsp3) is 1.00. The van der Waals surface area contributed by atoms with Gasteiger partial charge in [0.15, 0.2) is 9.84 Å². The van der Waals surface area contributed by atoms with Gasteiger partial charge in [0.1, 0.15) is 5.67 Å². The number of hydrogen-bond donors (Lipinski definition) is 1. The molecule has 1 saturated heterocycles. The monoisotopic (exact) mass is 209 g/mol. The van der Waals surface area contributed by atoms with E-state index >= 15 is 0 Å². The van der Waals surface area contributed by atoms with E-state index in [0.29, 0.717) is 6.42 Å². The van der Waals surface area contributed by atoms with Crippen molar-refractivity contribution in [3.63, 3.8) is 0 Å². The van der Waals surface area contributed by atoms with Gasteiger partial charge >= 0.3 is 0 Å². The minimum atomic E-state index is -2.88. The number of hydrogen-bond acceptors (Lipinski definition) is 3. The molecular formula is C8H16FNO2S. The summed E-state index contributed by atoms with van der Waals surface area (Å²) in [6.07, 6.45) is 0.852. The Morgan fingerprint density at radius 3 is 2.62 bits per heavy atom. The second-order valence-corrected chi connectivity index (χ2v) is 6.32. The number of halogens is 1. The lowest BCUT2D eigenvalue weighted by molar-refractivity contribution is 0.160. The van der Waals surface area contributed by atoms with Crippen LogP contribution in [0.3, 0.4) is 0 Å². The fourth-order valence-electron chi connectivity index (χ4n) is 1.72. The summed E-state index contributed by atoms with van der Waals surface area (Å²) in [4.78, 5) is 0. The van der Waals surface area contributed by atoms with Crippen molar-refractivity contribution < 1.29 is 12.8 Å². The van der Waals surface area contributed by atoms with Crippen LogP contribution in [0.25, 0.3) is 0 Å². The summed E-state index contributed by atoms with van der Waals surface area (Å²) in [6.45, 7) is 1.39. The molecular weight excluding hydrogens is 193 g/mol. The first-order chi connectivity index (χ1) is 5.85. The largest absolute Gasteiger partial charge is 0.328 e. The van der Waals surface area contributed by atoms with Crippen molar-refractivity contribution >= 4 is 9.84 Å². The molecule has 78 valence electrons. The van der Waals surface area contributed by atoms with E-state index in [4.69, 9.17) is 5.73 Å². The summed E-state index contributed by atoms with van der Waals surface area (Å²) < 4.78 is 35.5. The van der Waals surface area contributed by atoms with Crippen LogP contribution in [0.4, 0.5) is 4.39 Å². The molecule has 0 amide bonds. The summed E-state index contributed by atoms with van der Waals surface area (Å²) in [5, 5.41) is 0. The minimum absolute atomic E-state index is 0.0381. The highest BCUT2D eigenvalue weighted by Gasteiger charge is 2.33. The minimum Gasteiger partial charge on any atom is -0.328 e. The van der Waals surface area contributed by atoms with Crippen molar-refractivity contribution in [1.29, 1.82) is 0 Å². The van der Waals surface area contributed by atoms with Gasteiger partial charge in [-0.1, -0.05) is 0 Å². The Bertz CT molecular complexity index is 274. The molecule has 13 heavy (non-hydrogen) atoms. The fourth-order valence-corrected chi connectivity index (χ4v) is 3.58. The molecule has 2 unspecified atom stereocenters. The Kier molecular flexibility index (Phi) is 2.97. The Morgan fingerprint density at radius 2 is 2.23 bits per heavy atom. The number of alkyl halides is 1. The zero-order valence-electron chi connectivity index (χ0n) is 7.79. The van der Waals surface area contributed by atoms with Gasteiger partial charge in [-0.25, -0.2) is 12.8 Å². The van der Waals surface area contributed by atoms with E-state index in [9.17, 15) is 12.8 Å². The van der Waals surface area contributed by atoms with Crippen molar-refractivity contribution in [2.24, 2.45) is 11.7 Å². The molecule has 2 atom stereocenters. The van der Waals surface area contributed by atoms with Crippen molar-refractivity contribution in [3.8, 4) is 0 Å². The standard InChI is InChI=1S/C8H16FNO2S/c1-8(9,6-10)4-7-2-3-13(11,12)5-7/h7H,2-6,10H2,1H3. The predicted octanol–water partition coefficient (Wildman–Crippen LogP) is 0.498. The molecule has 5 heteroatoms. The van der Waals surface area contributed by atoms with Gasteiger partial charge in [0.2, 0.25) is 0 Å². The highest BCUT2D eigenvalue weighted by atomic mass is 32.2. The lowest BCUT2D eigenvalue weighted by Gasteiger charge is -2.20. The van der Waals surface area contributed by atoms with Gasteiger partial charge in [0.05, 0.1) is 11.5 Å². The van der Waals surface area contributed by atoms with Crippen LogP contribution in [0.5, 0.6) is 0 Å². The highest BCUT2D eigenvalue weighted by Crippen LogP contribution is 2.28. The van der Waals surface area contributed by atoms with Crippen LogP contribution >= 0.6 is 0 Å². The van der Waals surface area contributed by atoms with Crippen molar-refractivity contribution in [3.05, 3.63) is 0 Å². The van der Waals surface area contributed by atoms with Crippen molar-refractivity contribution in [2.45, 2.75) is 25.4 Å². The molecule has 1 aliphatic heterocycles. The van der Waals surface area contributed by atoms with Gasteiger partial charge in [0, 0.05) is 6.54 Å². The van der Waals surface area contributed by atoms with E-state index in [1.807, 2.05) is 0 Å². The van der Waals surface area contributed by atoms with Gasteiger partial charge in [-0.3, -0.25) is 0 Å². The average Bonchev–Trinajstić information content (AvgIpc) is 2.29. The molecule has 1 heterocycles. The summed E-state index contributed by atoms with van der Waals surface area (Å²) in [5.74, 6) is 0.300. The molecule has 3 nitrogen and oxygen atoms in total. The van der Waals surface area contributed by atoms with E-state index in [1.54, 1.807) is 0 Å². The number of sulfone groups is 1. The van der Waals surface area contributed by atoms with Crippen LogP contribution in [-0.2, 0) is 9.84 Å². The summed E-state index contributed by atoms with van der Waals surface area (Å²) in [7, 11) is -2.88. The van der Waals surface area contributed by atoms with E-state index in [1.165, 1.54) is 6.92 Å². The maximum absolute atomic E-state index is 13.4. The molecule has 1 rings (SSSR count). The maximum Gasteiger partial charge on any atom is 0.150 e. The van der Waals surface area contributed by atoms with Gasteiger partial charge in [-0.05, 0) is 25.7 Å². The Labute approximate surface area is 78.4 Å². The Balaban J connectivity index is 2.50. The lowest BCUT2D eigenvalue weighted by atomic mass is 9.93. The average molecular weight is 209 g/mol. The summed E-state index contributed by atoms with van der Waals surface area (Å²) >= 11 is 0. The summed E-state index contributed by atoms with van der Waals surface area (Å²) in [5.41, 5.74) is 3.82. The first-order valence-corrected chi connectivity index (χ1v) is 6.26. The first-order valence-electron chi connectivity index (χ1n) is 4.44. The molecule has 0 spiro atoms. The van der Waals surface area contributed by atoms with Crippen LogP contribution in [0, 0.1) is 5.92 Å². The van der Waals surface area contributed by atoms with Crippen molar-refractivity contribution in [1.82, 2.24) is 0 Å². The second kappa shape index (κ2) is 3.53. The Morgan fingerprint density at radius 1 is 1.62 bits per heavy atom. The molecule has 1 fully saturated rings. The van der Waals surface area contributed by atoms with E-state index < -0.39 is 15.5 Å². The van der Waals surface area contributed by atoms with E-state index in [2.05, 4.69) is 0 Å². The maximum atomic E-state index is 13.4. The van der Waals surface area contributed by atoms with Crippen LogP contribution < -0.4 is 5.73 Å². The van der Waals surface area contributed by atoms with Gasteiger partial charge < -0.3 is 5.73 Å². The molecule has 0 aromatic heterocycles. The molecule has 2 N–H and O–H groups in total. The molecule has 0 bridgehead atoms. The molecule has 0 aromatic rings. The Hall–Kier alpha value is -0.160. The van der Waals surface area contributed by atoms with Gasteiger partial charge in [0.25, 0.3) is 0 Å². The van der Waals surface area contributed by atoms with Crippen molar-refractivity contribution in [2.75, 3.05) is 18.1 Å². The topological polar surface area (TPSA) is 60.2 Å². The van der Waals surface area contributed by atoms with Crippen LogP contribution in [0.15, 0.2) is 0 Å². The smallest absolute Gasteiger partial charge is 0.150 e. The second-order valence-electron chi connectivity index (χ2n) is 4.09. The number of rotatable bonds is 3. The van der Waals surface area contributed by atoms with Gasteiger partial charge in [-0.2, -0.15) is 0 Å². The highest BCUT2D eigenvalue weighted by molar-refractivity contribution is 7.91. The van der Waals surface area contributed by atoms with E-state index in [-0.39, 0.29) is 30.4 Å². The number of nitrogens with two attached hydrogens (primary N) is 1. The summed E-state index contributed by atoms with van der Waals surface area (Å²) in [6, 6.07) is 0. The third-order valence-electron chi connectivity index (χ3n) is 2.47. The van der Waals surface area contributed by atoms with Gasteiger partial charge in [-0.15, -0.1) is 0 Å².